The van der Waals surface area contributed by atoms with Crippen LogP contribution in [0.4, 0.5) is 4.39 Å². The lowest BCUT2D eigenvalue weighted by atomic mass is 10.0. The van der Waals surface area contributed by atoms with Crippen molar-refractivity contribution in [3.05, 3.63) is 41.5 Å². The van der Waals surface area contributed by atoms with Gasteiger partial charge in [0.1, 0.15) is 5.82 Å². The first-order valence-corrected chi connectivity index (χ1v) is 11.1. The first kappa shape index (κ1) is 20.4. The molecule has 1 saturated carbocycles. The van der Waals surface area contributed by atoms with E-state index in [1.165, 1.54) is 25.7 Å². The highest BCUT2D eigenvalue weighted by Crippen LogP contribution is 2.30. The lowest BCUT2D eigenvalue weighted by Gasteiger charge is -2.41. The summed E-state index contributed by atoms with van der Waals surface area (Å²) in [7, 11) is 0. The Morgan fingerprint density at radius 3 is 2.38 bits per heavy atom. The summed E-state index contributed by atoms with van der Waals surface area (Å²) in [5, 5.41) is 12.7. The van der Waals surface area contributed by atoms with Crippen molar-refractivity contribution in [1.29, 1.82) is 0 Å². The number of benzene rings is 1. The summed E-state index contributed by atoms with van der Waals surface area (Å²) < 4.78 is 15.5. The maximum Gasteiger partial charge on any atom is 0.173 e. The first-order valence-electron chi connectivity index (χ1n) is 11.1. The molecule has 1 unspecified atom stereocenters. The molecule has 0 spiro atoms. The Morgan fingerprint density at radius 1 is 1.03 bits per heavy atom. The van der Waals surface area contributed by atoms with E-state index in [1.807, 2.05) is 16.8 Å². The second-order valence-corrected chi connectivity index (χ2v) is 8.91. The Labute approximate surface area is 173 Å². The fourth-order valence-corrected chi connectivity index (χ4v) is 4.75. The zero-order valence-electron chi connectivity index (χ0n) is 17.7. The third-order valence-electron chi connectivity index (χ3n) is 6.46. The van der Waals surface area contributed by atoms with E-state index in [2.05, 4.69) is 39.2 Å². The summed E-state index contributed by atoms with van der Waals surface area (Å²) in [6.45, 7) is 9.35. The van der Waals surface area contributed by atoms with E-state index in [0.717, 1.165) is 56.6 Å². The van der Waals surface area contributed by atoms with Gasteiger partial charge in [-0.05, 0) is 53.3 Å². The van der Waals surface area contributed by atoms with Crippen LogP contribution in [0.1, 0.15) is 63.4 Å². The Balaban J connectivity index is 1.55. The number of hydrogen-bond acceptors (Lipinski definition) is 5. The number of tetrazole rings is 1. The van der Waals surface area contributed by atoms with Crippen LogP contribution in [-0.4, -0.2) is 62.2 Å². The van der Waals surface area contributed by atoms with E-state index in [1.54, 1.807) is 12.1 Å². The summed E-state index contributed by atoms with van der Waals surface area (Å²) in [4.78, 5) is 5.13. The van der Waals surface area contributed by atoms with Crippen LogP contribution < -0.4 is 0 Å². The number of nitrogens with zero attached hydrogens (tertiary/aromatic N) is 6. The molecule has 2 aromatic rings. The van der Waals surface area contributed by atoms with Gasteiger partial charge in [-0.3, -0.25) is 9.80 Å². The van der Waals surface area contributed by atoms with Crippen LogP contribution in [0.15, 0.2) is 24.3 Å². The summed E-state index contributed by atoms with van der Waals surface area (Å²) >= 11 is 0. The average Bonchev–Trinajstić information content (AvgIpc) is 3.41. The van der Waals surface area contributed by atoms with E-state index in [-0.39, 0.29) is 11.9 Å². The highest BCUT2D eigenvalue weighted by Gasteiger charge is 2.33. The maximum absolute atomic E-state index is 13.6. The van der Waals surface area contributed by atoms with Gasteiger partial charge in [-0.2, -0.15) is 0 Å². The van der Waals surface area contributed by atoms with Crippen molar-refractivity contribution in [2.75, 3.05) is 26.2 Å². The second kappa shape index (κ2) is 9.30. The Kier molecular flexibility index (Phi) is 6.55. The van der Waals surface area contributed by atoms with Crippen molar-refractivity contribution in [2.24, 2.45) is 5.92 Å². The smallest absolute Gasteiger partial charge is 0.173 e. The van der Waals surface area contributed by atoms with E-state index in [4.69, 9.17) is 0 Å². The first-order chi connectivity index (χ1) is 14.1. The Hall–Kier alpha value is -1.86. The van der Waals surface area contributed by atoms with Crippen molar-refractivity contribution in [2.45, 2.75) is 64.6 Å². The molecule has 0 radical (unpaired) electrons. The molecule has 0 amide bonds. The summed E-state index contributed by atoms with van der Waals surface area (Å²) in [5.74, 6) is 1.25. The van der Waals surface area contributed by atoms with Gasteiger partial charge in [0.25, 0.3) is 0 Å². The van der Waals surface area contributed by atoms with Crippen LogP contribution in [0.5, 0.6) is 0 Å². The van der Waals surface area contributed by atoms with Crippen molar-refractivity contribution < 1.29 is 4.39 Å². The highest BCUT2D eigenvalue weighted by molar-refractivity contribution is 5.25. The zero-order valence-corrected chi connectivity index (χ0v) is 17.7. The molecule has 6 nitrogen and oxygen atoms in total. The molecule has 1 aromatic carbocycles. The fraction of sp³-hybridized carbons (Fsp3) is 0.682. The second-order valence-electron chi connectivity index (χ2n) is 8.91. The molecule has 158 valence electrons. The van der Waals surface area contributed by atoms with E-state index < -0.39 is 0 Å². The number of piperazine rings is 1. The quantitative estimate of drug-likeness (QED) is 0.712. The van der Waals surface area contributed by atoms with Gasteiger partial charge in [0.2, 0.25) is 0 Å². The maximum atomic E-state index is 13.6. The molecule has 1 aliphatic heterocycles. The summed E-state index contributed by atoms with van der Waals surface area (Å²) in [5.41, 5.74) is 1.06. The predicted molar refractivity (Wildman–Crippen MR) is 111 cm³/mol. The minimum Gasteiger partial charge on any atom is -0.298 e. The van der Waals surface area contributed by atoms with Crippen LogP contribution >= 0.6 is 0 Å². The zero-order chi connectivity index (χ0) is 20.2. The molecular formula is C22H33FN6. The van der Waals surface area contributed by atoms with Crippen LogP contribution in [0.25, 0.3) is 0 Å². The molecule has 4 rings (SSSR count). The highest BCUT2D eigenvalue weighted by atomic mass is 19.1. The Bertz CT molecular complexity index is 760. The SMILES string of the molecule is CC(C)CCn1nnnc1C(c1ccc(F)cc1)N1CCN(C2CCCC2)CC1. The lowest BCUT2D eigenvalue weighted by molar-refractivity contribution is 0.0769. The standard InChI is InChI=1S/C22H33FN6/c1-17(2)11-12-29-22(24-25-26-29)21(18-7-9-19(23)10-8-18)28-15-13-27(14-16-28)20-5-3-4-6-20/h7-10,17,20-21H,3-6,11-16H2,1-2H3. The van der Waals surface area contributed by atoms with Gasteiger partial charge in [-0.25, -0.2) is 9.07 Å². The van der Waals surface area contributed by atoms with Crippen molar-refractivity contribution in [3.63, 3.8) is 0 Å². The minimum absolute atomic E-state index is 0.0384. The molecular weight excluding hydrogens is 367 g/mol. The third kappa shape index (κ3) is 4.83. The molecule has 29 heavy (non-hydrogen) atoms. The molecule has 1 saturated heterocycles. The molecule has 2 heterocycles. The molecule has 0 bridgehead atoms. The average molecular weight is 401 g/mol. The van der Waals surface area contributed by atoms with Crippen molar-refractivity contribution in [3.8, 4) is 0 Å². The van der Waals surface area contributed by atoms with Gasteiger partial charge in [-0.1, -0.05) is 38.8 Å². The molecule has 2 fully saturated rings. The minimum atomic E-state index is -0.210. The molecule has 0 N–H and O–H groups in total. The van der Waals surface area contributed by atoms with E-state index >= 15 is 0 Å². The van der Waals surface area contributed by atoms with E-state index in [9.17, 15) is 4.39 Å². The molecule has 1 atom stereocenters. The van der Waals surface area contributed by atoms with E-state index in [0.29, 0.717) is 5.92 Å². The Morgan fingerprint density at radius 2 is 1.72 bits per heavy atom. The normalized spacial score (nSPS) is 20.6. The van der Waals surface area contributed by atoms with Crippen LogP contribution in [0.3, 0.4) is 0 Å². The molecule has 1 aromatic heterocycles. The van der Waals surface area contributed by atoms with Gasteiger partial charge >= 0.3 is 0 Å². The van der Waals surface area contributed by atoms with Crippen LogP contribution in [0.2, 0.25) is 0 Å². The van der Waals surface area contributed by atoms with Gasteiger partial charge in [0.05, 0.1) is 6.04 Å². The third-order valence-corrected chi connectivity index (χ3v) is 6.46. The van der Waals surface area contributed by atoms with Crippen molar-refractivity contribution >= 4 is 0 Å². The topological polar surface area (TPSA) is 50.1 Å². The number of aromatic nitrogens is 4. The largest absolute Gasteiger partial charge is 0.298 e. The molecule has 1 aliphatic carbocycles. The molecule has 7 heteroatoms. The van der Waals surface area contributed by atoms with Crippen molar-refractivity contribution in [1.82, 2.24) is 30.0 Å². The van der Waals surface area contributed by atoms with Gasteiger partial charge < -0.3 is 0 Å². The monoisotopic (exact) mass is 400 g/mol. The molecule has 2 aliphatic rings. The fourth-order valence-electron chi connectivity index (χ4n) is 4.75. The van der Waals surface area contributed by atoms with Crippen LogP contribution in [0, 0.1) is 11.7 Å². The van der Waals surface area contributed by atoms with Gasteiger partial charge in [0.15, 0.2) is 5.82 Å². The number of rotatable bonds is 7. The number of halogens is 1. The number of aryl methyl sites for hydroxylation is 1. The van der Waals surface area contributed by atoms with Gasteiger partial charge in [-0.15, -0.1) is 5.10 Å². The summed E-state index contributed by atoms with van der Waals surface area (Å²) in [6, 6.07) is 7.57. The number of hydrogen-bond donors (Lipinski definition) is 0. The van der Waals surface area contributed by atoms with Crippen LogP contribution in [-0.2, 0) is 6.54 Å². The lowest BCUT2D eigenvalue weighted by Crippen LogP contribution is -2.51. The van der Waals surface area contributed by atoms with Gasteiger partial charge in [0, 0.05) is 38.8 Å². The predicted octanol–water partition coefficient (Wildman–Crippen LogP) is 3.51. The summed E-state index contributed by atoms with van der Waals surface area (Å²) in [6.07, 6.45) is 6.45.